The highest BCUT2D eigenvalue weighted by molar-refractivity contribution is 5.79. The monoisotopic (exact) mass is 563 g/mol. The lowest BCUT2D eigenvalue weighted by molar-refractivity contribution is -0.140. The molecule has 2 heterocycles. The topological polar surface area (TPSA) is 97.8 Å². The third-order valence-electron chi connectivity index (χ3n) is 6.48. The molecule has 1 aromatic heterocycles. The van der Waals surface area contributed by atoms with E-state index in [1.54, 1.807) is 24.4 Å². The van der Waals surface area contributed by atoms with Crippen molar-refractivity contribution in [3.63, 3.8) is 0 Å². The first-order valence-corrected chi connectivity index (χ1v) is 12.4. The first-order valence-electron chi connectivity index (χ1n) is 12.4. The molecule has 2 N–H and O–H groups in total. The fourth-order valence-electron chi connectivity index (χ4n) is 4.50. The number of alkyl halides is 3. The molecule has 1 fully saturated rings. The maximum atomic E-state index is 13.9. The molecule has 40 heavy (non-hydrogen) atoms. The van der Waals surface area contributed by atoms with Crippen molar-refractivity contribution in [2.75, 3.05) is 44.6 Å². The predicted octanol–water partition coefficient (Wildman–Crippen LogP) is 4.94. The Morgan fingerprint density at radius 2 is 1.80 bits per heavy atom. The van der Waals surface area contributed by atoms with Crippen LogP contribution in [0, 0.1) is 11.7 Å². The minimum Gasteiger partial charge on any atom is -0.493 e. The standard InChI is InChI=1S/C27H29F4N5O4/c1-38-21-12-18(13-22(39-2)24(21)40-3)34-26-32-9-8-23(35-26)36-10-4-5-17(15-36)25(37)33-14-16-6-7-19(20(28)11-16)27(29,30)31/h6-9,11-13,17H,4-5,10,14-15H2,1-3H3,(H,33,37)(H,32,34,35). The zero-order valence-electron chi connectivity index (χ0n) is 22.1. The zero-order valence-corrected chi connectivity index (χ0v) is 22.1. The van der Waals surface area contributed by atoms with Crippen LogP contribution in [0.15, 0.2) is 42.6 Å². The molecular formula is C27H29F4N5O4. The number of nitrogens with one attached hydrogen (secondary N) is 2. The number of nitrogens with zero attached hydrogens (tertiary/aromatic N) is 3. The fourth-order valence-corrected chi connectivity index (χ4v) is 4.50. The van der Waals surface area contributed by atoms with Gasteiger partial charge in [0.2, 0.25) is 17.6 Å². The van der Waals surface area contributed by atoms with Gasteiger partial charge in [-0.25, -0.2) is 9.37 Å². The van der Waals surface area contributed by atoms with Gasteiger partial charge >= 0.3 is 6.18 Å². The number of hydrogen-bond donors (Lipinski definition) is 2. The summed E-state index contributed by atoms with van der Waals surface area (Å²) in [6.07, 6.45) is -1.81. The van der Waals surface area contributed by atoms with Gasteiger partial charge in [-0.1, -0.05) is 6.07 Å². The van der Waals surface area contributed by atoms with Crippen LogP contribution < -0.4 is 29.7 Å². The van der Waals surface area contributed by atoms with Crippen LogP contribution in [0.25, 0.3) is 0 Å². The number of hydrogen-bond acceptors (Lipinski definition) is 8. The molecule has 1 atom stereocenters. The van der Waals surface area contributed by atoms with Crippen LogP contribution in [0.2, 0.25) is 0 Å². The highest BCUT2D eigenvalue weighted by Gasteiger charge is 2.34. The number of rotatable bonds is 9. The molecule has 4 rings (SSSR count). The van der Waals surface area contributed by atoms with Crippen LogP contribution in [0.4, 0.5) is 35.0 Å². The Bertz CT molecular complexity index is 1330. The summed E-state index contributed by atoms with van der Waals surface area (Å²) in [5.74, 6) is 0.294. The van der Waals surface area contributed by atoms with Crippen molar-refractivity contribution in [3.05, 3.63) is 59.5 Å². The van der Waals surface area contributed by atoms with Gasteiger partial charge in [-0.2, -0.15) is 18.2 Å². The lowest BCUT2D eigenvalue weighted by atomic mass is 9.97. The van der Waals surface area contributed by atoms with Crippen molar-refractivity contribution in [1.82, 2.24) is 15.3 Å². The van der Waals surface area contributed by atoms with Crippen molar-refractivity contribution in [2.24, 2.45) is 5.92 Å². The summed E-state index contributed by atoms with van der Waals surface area (Å²) in [5, 5.41) is 5.84. The van der Waals surface area contributed by atoms with Crippen LogP contribution in [-0.2, 0) is 17.5 Å². The lowest BCUT2D eigenvalue weighted by Gasteiger charge is -2.33. The number of anilines is 3. The van der Waals surface area contributed by atoms with Crippen LogP contribution >= 0.6 is 0 Å². The van der Waals surface area contributed by atoms with Gasteiger partial charge < -0.3 is 29.7 Å². The van der Waals surface area contributed by atoms with Crippen molar-refractivity contribution >= 4 is 23.4 Å². The van der Waals surface area contributed by atoms with Crippen LogP contribution in [0.1, 0.15) is 24.0 Å². The SMILES string of the molecule is COc1cc(Nc2nccc(N3CCCC(C(=O)NCc4ccc(C(F)(F)F)c(F)c4)C3)n2)cc(OC)c1OC. The summed E-state index contributed by atoms with van der Waals surface area (Å²) in [6.45, 7) is 0.975. The smallest absolute Gasteiger partial charge is 0.419 e. The number of carbonyl (C=O) groups is 1. The van der Waals surface area contributed by atoms with Crippen molar-refractivity contribution < 1.29 is 36.6 Å². The lowest BCUT2D eigenvalue weighted by Crippen LogP contribution is -2.43. The van der Waals surface area contributed by atoms with Gasteiger partial charge in [-0.05, 0) is 36.6 Å². The van der Waals surface area contributed by atoms with E-state index >= 15 is 0 Å². The molecule has 0 saturated carbocycles. The Hall–Kier alpha value is -4.29. The van der Waals surface area contributed by atoms with E-state index in [1.165, 1.54) is 21.3 Å². The molecule has 13 heteroatoms. The highest BCUT2D eigenvalue weighted by atomic mass is 19.4. The molecule has 214 valence electrons. The fraction of sp³-hybridized carbons (Fsp3) is 0.370. The van der Waals surface area contributed by atoms with Gasteiger partial charge in [0.25, 0.3) is 0 Å². The highest BCUT2D eigenvalue weighted by Crippen LogP contribution is 2.40. The molecular weight excluding hydrogens is 534 g/mol. The third-order valence-corrected chi connectivity index (χ3v) is 6.48. The summed E-state index contributed by atoms with van der Waals surface area (Å²) >= 11 is 0. The summed E-state index contributed by atoms with van der Waals surface area (Å²) in [4.78, 5) is 23.7. The number of halogens is 4. The second kappa shape index (κ2) is 12.3. The molecule has 1 aliphatic heterocycles. The maximum absolute atomic E-state index is 13.9. The molecule has 0 bridgehead atoms. The number of piperidine rings is 1. The van der Waals surface area contributed by atoms with E-state index in [0.717, 1.165) is 18.6 Å². The average molecular weight is 564 g/mol. The van der Waals surface area contributed by atoms with Crippen LogP contribution in [-0.4, -0.2) is 50.3 Å². The molecule has 3 aromatic rings. The predicted molar refractivity (Wildman–Crippen MR) is 140 cm³/mol. The third kappa shape index (κ3) is 6.64. The van der Waals surface area contributed by atoms with Gasteiger partial charge in [0.1, 0.15) is 11.6 Å². The minimum absolute atomic E-state index is 0.0826. The first-order chi connectivity index (χ1) is 19.1. The number of carbonyl (C=O) groups excluding carboxylic acids is 1. The van der Waals surface area contributed by atoms with Gasteiger partial charge in [0.05, 0.1) is 32.8 Å². The molecule has 2 aromatic carbocycles. The quantitative estimate of drug-likeness (QED) is 0.354. The molecule has 1 aliphatic rings. The Balaban J connectivity index is 1.40. The number of amides is 1. The first kappa shape index (κ1) is 28.7. The van der Waals surface area contributed by atoms with E-state index < -0.39 is 17.6 Å². The summed E-state index contributed by atoms with van der Waals surface area (Å²) in [5.41, 5.74) is -0.485. The van der Waals surface area contributed by atoms with E-state index in [0.29, 0.717) is 60.3 Å². The summed E-state index contributed by atoms with van der Waals surface area (Å²) < 4.78 is 68.4. The summed E-state index contributed by atoms with van der Waals surface area (Å²) in [6, 6.07) is 7.81. The minimum atomic E-state index is -4.78. The zero-order chi connectivity index (χ0) is 28.9. The van der Waals surface area contributed by atoms with E-state index in [4.69, 9.17) is 14.2 Å². The Labute approximate surface area is 228 Å². The Morgan fingerprint density at radius 3 is 2.42 bits per heavy atom. The molecule has 1 unspecified atom stereocenters. The van der Waals surface area contributed by atoms with Gasteiger partial charge in [0.15, 0.2) is 11.5 Å². The van der Waals surface area contributed by atoms with Crippen molar-refractivity contribution in [2.45, 2.75) is 25.6 Å². The number of ether oxygens (including phenoxy) is 3. The average Bonchev–Trinajstić information content (AvgIpc) is 2.94. The van der Waals surface area contributed by atoms with Crippen LogP contribution in [0.3, 0.4) is 0 Å². The van der Waals surface area contributed by atoms with E-state index in [9.17, 15) is 22.4 Å². The molecule has 0 aliphatic carbocycles. The molecule has 0 spiro atoms. The number of aromatic nitrogens is 2. The molecule has 1 saturated heterocycles. The largest absolute Gasteiger partial charge is 0.493 e. The van der Waals surface area contributed by atoms with Crippen molar-refractivity contribution in [3.8, 4) is 17.2 Å². The van der Waals surface area contributed by atoms with E-state index in [-0.39, 0.29) is 23.9 Å². The Morgan fingerprint density at radius 1 is 1.07 bits per heavy atom. The van der Waals surface area contributed by atoms with E-state index in [1.807, 2.05) is 4.90 Å². The summed E-state index contributed by atoms with van der Waals surface area (Å²) in [7, 11) is 4.55. The second-order valence-electron chi connectivity index (χ2n) is 9.09. The molecule has 1 amide bonds. The molecule has 0 radical (unpaired) electrons. The second-order valence-corrected chi connectivity index (χ2v) is 9.09. The maximum Gasteiger partial charge on any atom is 0.419 e. The van der Waals surface area contributed by atoms with Crippen LogP contribution in [0.5, 0.6) is 17.2 Å². The number of benzene rings is 2. The Kier molecular flexibility index (Phi) is 8.80. The van der Waals surface area contributed by atoms with E-state index in [2.05, 4.69) is 20.6 Å². The van der Waals surface area contributed by atoms with Gasteiger partial charge in [0, 0.05) is 43.7 Å². The van der Waals surface area contributed by atoms with Gasteiger partial charge in [-0.15, -0.1) is 0 Å². The van der Waals surface area contributed by atoms with Crippen molar-refractivity contribution in [1.29, 1.82) is 0 Å². The van der Waals surface area contributed by atoms with Gasteiger partial charge in [-0.3, -0.25) is 4.79 Å². The normalized spacial score (nSPS) is 15.4. The molecule has 9 nitrogen and oxygen atoms in total. The number of methoxy groups -OCH3 is 3.